The number of ether oxygens (including phenoxy) is 1. The number of nitrogens with one attached hydrogen (secondary N) is 1. The molecule has 0 bridgehead atoms. The molecular weight excluding hydrogens is 316 g/mol. The minimum atomic E-state index is -0.842. The standard InChI is InChI=1S/C15H22N4O3S/c20-13-12(14(21)19(11-2-3-11)15(23)17-13)10-16-4-1-5-18-6-8-22-9-7-18/h10-12H,1-9H2,(H,17,20,23)/t12-/m1/s1. The van der Waals surface area contributed by atoms with Gasteiger partial charge in [-0.05, 0) is 31.5 Å². The monoisotopic (exact) mass is 338 g/mol. The molecule has 3 fully saturated rings. The van der Waals surface area contributed by atoms with Crippen LogP contribution in [0.5, 0.6) is 0 Å². The molecule has 0 aromatic heterocycles. The Morgan fingerprint density at radius 2 is 2.04 bits per heavy atom. The lowest BCUT2D eigenvalue weighted by Crippen LogP contribution is -2.58. The van der Waals surface area contributed by atoms with Crippen LogP contribution in [0.15, 0.2) is 4.99 Å². The number of hydrogen-bond donors (Lipinski definition) is 1. The van der Waals surface area contributed by atoms with Gasteiger partial charge in [0.15, 0.2) is 11.0 Å². The maximum atomic E-state index is 12.4. The second kappa shape index (κ2) is 7.46. The van der Waals surface area contributed by atoms with E-state index >= 15 is 0 Å². The van der Waals surface area contributed by atoms with Crippen molar-refractivity contribution in [2.75, 3.05) is 39.4 Å². The SMILES string of the molecule is O=C1NC(=S)N(C2CC2)C(=O)[C@@H]1C=NCCCN1CCOCC1. The molecule has 1 saturated carbocycles. The fourth-order valence-electron chi connectivity index (χ4n) is 2.81. The van der Waals surface area contributed by atoms with Gasteiger partial charge in [-0.1, -0.05) is 0 Å². The predicted octanol–water partition coefficient (Wildman–Crippen LogP) is -0.199. The Kier molecular flexibility index (Phi) is 5.34. The Bertz CT molecular complexity index is 515. The first-order valence-electron chi connectivity index (χ1n) is 8.15. The molecule has 126 valence electrons. The molecule has 2 aliphatic heterocycles. The minimum absolute atomic E-state index is 0.160. The van der Waals surface area contributed by atoms with Crippen molar-refractivity contribution >= 4 is 35.4 Å². The Morgan fingerprint density at radius 3 is 2.74 bits per heavy atom. The van der Waals surface area contributed by atoms with Crippen LogP contribution in [-0.4, -0.2) is 78.4 Å². The quantitative estimate of drug-likeness (QED) is 0.314. The summed E-state index contributed by atoms with van der Waals surface area (Å²) in [6.07, 6.45) is 4.29. The molecule has 1 atom stereocenters. The third-order valence-electron chi connectivity index (χ3n) is 4.27. The molecular formula is C15H22N4O3S. The van der Waals surface area contributed by atoms with E-state index in [0.29, 0.717) is 6.54 Å². The van der Waals surface area contributed by atoms with Crippen molar-refractivity contribution in [1.29, 1.82) is 0 Å². The van der Waals surface area contributed by atoms with Gasteiger partial charge in [-0.25, -0.2) is 0 Å². The van der Waals surface area contributed by atoms with Crippen LogP contribution in [0.1, 0.15) is 19.3 Å². The summed E-state index contributed by atoms with van der Waals surface area (Å²) in [5, 5.41) is 2.84. The Balaban J connectivity index is 1.46. The Labute approximate surface area is 141 Å². The van der Waals surface area contributed by atoms with Crippen molar-refractivity contribution in [1.82, 2.24) is 15.1 Å². The predicted molar refractivity (Wildman–Crippen MR) is 89.3 cm³/mol. The fourth-order valence-corrected chi connectivity index (χ4v) is 3.15. The van der Waals surface area contributed by atoms with Crippen molar-refractivity contribution in [2.24, 2.45) is 10.9 Å². The first-order chi connectivity index (χ1) is 11.2. The summed E-state index contributed by atoms with van der Waals surface area (Å²) in [6.45, 7) is 5.07. The van der Waals surface area contributed by atoms with Gasteiger partial charge < -0.3 is 10.1 Å². The maximum absolute atomic E-state index is 12.4. The normalized spacial score (nSPS) is 26.9. The summed E-state index contributed by atoms with van der Waals surface area (Å²) in [7, 11) is 0. The second-order valence-electron chi connectivity index (χ2n) is 6.07. The summed E-state index contributed by atoms with van der Waals surface area (Å²) < 4.78 is 5.30. The molecule has 3 rings (SSSR count). The zero-order chi connectivity index (χ0) is 16.2. The number of amides is 2. The number of aliphatic imine (C=N–C) groups is 1. The van der Waals surface area contributed by atoms with Crippen LogP contribution in [0.2, 0.25) is 0 Å². The summed E-state index contributed by atoms with van der Waals surface area (Å²) in [4.78, 5) is 32.5. The molecule has 0 unspecified atom stereocenters. The zero-order valence-corrected chi connectivity index (χ0v) is 13.9. The topological polar surface area (TPSA) is 74.2 Å². The highest BCUT2D eigenvalue weighted by Gasteiger charge is 2.44. The van der Waals surface area contributed by atoms with E-state index in [1.165, 1.54) is 6.21 Å². The average molecular weight is 338 g/mol. The van der Waals surface area contributed by atoms with Crippen LogP contribution in [0, 0.1) is 5.92 Å². The summed E-state index contributed by atoms with van der Waals surface area (Å²) in [5.74, 6) is -1.45. The molecule has 2 heterocycles. The molecule has 0 spiro atoms. The summed E-state index contributed by atoms with van der Waals surface area (Å²) >= 11 is 5.09. The highest BCUT2D eigenvalue weighted by Crippen LogP contribution is 2.29. The van der Waals surface area contributed by atoms with Gasteiger partial charge in [0.1, 0.15) is 0 Å². The number of nitrogens with zero attached hydrogens (tertiary/aromatic N) is 3. The van der Waals surface area contributed by atoms with Crippen molar-refractivity contribution in [3.05, 3.63) is 0 Å². The number of rotatable bonds is 6. The average Bonchev–Trinajstić information content (AvgIpc) is 3.35. The van der Waals surface area contributed by atoms with E-state index in [2.05, 4.69) is 15.2 Å². The van der Waals surface area contributed by atoms with Crippen LogP contribution < -0.4 is 5.32 Å². The van der Waals surface area contributed by atoms with Gasteiger partial charge in [0, 0.05) is 38.4 Å². The van der Waals surface area contributed by atoms with Crippen LogP contribution >= 0.6 is 12.2 Å². The first-order valence-corrected chi connectivity index (χ1v) is 8.55. The van der Waals surface area contributed by atoms with Crippen molar-refractivity contribution in [3.63, 3.8) is 0 Å². The van der Waals surface area contributed by atoms with Crippen molar-refractivity contribution in [3.8, 4) is 0 Å². The number of thiocarbonyl (C=S) groups is 1. The maximum Gasteiger partial charge on any atom is 0.247 e. The van der Waals surface area contributed by atoms with Crippen molar-refractivity contribution in [2.45, 2.75) is 25.3 Å². The Hall–Kier alpha value is -1.38. The van der Waals surface area contributed by atoms with Crippen LogP contribution in [0.25, 0.3) is 0 Å². The lowest BCUT2D eigenvalue weighted by atomic mass is 10.1. The van der Waals surface area contributed by atoms with Gasteiger partial charge in [0.05, 0.1) is 13.2 Å². The van der Waals surface area contributed by atoms with Gasteiger partial charge in [0.25, 0.3) is 0 Å². The second-order valence-corrected chi connectivity index (χ2v) is 6.46. The summed E-state index contributed by atoms with van der Waals surface area (Å²) in [6, 6.07) is 0.160. The molecule has 0 aromatic carbocycles. The Morgan fingerprint density at radius 1 is 1.30 bits per heavy atom. The van der Waals surface area contributed by atoms with E-state index in [-0.39, 0.29) is 23.0 Å². The van der Waals surface area contributed by atoms with Gasteiger partial charge in [0.2, 0.25) is 11.8 Å². The molecule has 0 aromatic rings. The van der Waals surface area contributed by atoms with Gasteiger partial charge in [-0.15, -0.1) is 0 Å². The van der Waals surface area contributed by atoms with E-state index in [4.69, 9.17) is 17.0 Å². The minimum Gasteiger partial charge on any atom is -0.379 e. The lowest BCUT2D eigenvalue weighted by molar-refractivity contribution is -0.138. The highest BCUT2D eigenvalue weighted by atomic mass is 32.1. The van der Waals surface area contributed by atoms with E-state index < -0.39 is 5.92 Å². The van der Waals surface area contributed by atoms with E-state index in [9.17, 15) is 9.59 Å². The number of morpholine rings is 1. The molecule has 2 amide bonds. The molecule has 1 aliphatic carbocycles. The van der Waals surface area contributed by atoms with E-state index in [1.807, 2.05) is 0 Å². The molecule has 1 N–H and O–H groups in total. The molecule has 23 heavy (non-hydrogen) atoms. The number of carbonyl (C=O) groups excluding carboxylic acids is 2. The lowest BCUT2D eigenvalue weighted by Gasteiger charge is -2.30. The molecule has 2 saturated heterocycles. The molecule has 3 aliphatic rings. The summed E-state index contributed by atoms with van der Waals surface area (Å²) in [5.41, 5.74) is 0. The third-order valence-corrected chi connectivity index (χ3v) is 4.57. The number of carbonyl (C=O) groups is 2. The van der Waals surface area contributed by atoms with Crippen molar-refractivity contribution < 1.29 is 14.3 Å². The van der Waals surface area contributed by atoms with E-state index in [0.717, 1.165) is 52.1 Å². The molecule has 7 nitrogen and oxygen atoms in total. The van der Waals surface area contributed by atoms with E-state index in [1.54, 1.807) is 4.90 Å². The van der Waals surface area contributed by atoms with Crippen LogP contribution in [0.4, 0.5) is 0 Å². The fraction of sp³-hybridized carbons (Fsp3) is 0.733. The molecule has 0 radical (unpaired) electrons. The van der Waals surface area contributed by atoms with Crippen LogP contribution in [0.3, 0.4) is 0 Å². The van der Waals surface area contributed by atoms with Gasteiger partial charge in [-0.2, -0.15) is 0 Å². The smallest absolute Gasteiger partial charge is 0.247 e. The number of hydrogen-bond acceptors (Lipinski definition) is 6. The first kappa shape index (κ1) is 16.5. The van der Waals surface area contributed by atoms with Crippen LogP contribution in [-0.2, 0) is 14.3 Å². The highest BCUT2D eigenvalue weighted by molar-refractivity contribution is 7.80. The van der Waals surface area contributed by atoms with Gasteiger partial charge in [-0.3, -0.25) is 24.4 Å². The van der Waals surface area contributed by atoms with Gasteiger partial charge >= 0.3 is 0 Å². The third kappa shape index (κ3) is 4.13. The largest absolute Gasteiger partial charge is 0.379 e. The molecule has 8 heteroatoms. The zero-order valence-electron chi connectivity index (χ0n) is 13.1.